The number of rotatable bonds is 5. The van der Waals surface area contributed by atoms with Crippen LogP contribution >= 0.6 is 15.9 Å². The number of hydrogen-bond donors (Lipinski definition) is 1. The summed E-state index contributed by atoms with van der Waals surface area (Å²) in [6, 6.07) is 5.42. The van der Waals surface area contributed by atoms with Crippen LogP contribution in [0.5, 0.6) is 5.75 Å². The van der Waals surface area contributed by atoms with E-state index in [0.29, 0.717) is 17.9 Å². The first kappa shape index (κ1) is 12.5. The van der Waals surface area contributed by atoms with Gasteiger partial charge in [-0.3, -0.25) is 0 Å². The van der Waals surface area contributed by atoms with Gasteiger partial charge >= 0.3 is 5.97 Å². The summed E-state index contributed by atoms with van der Waals surface area (Å²) in [7, 11) is 0. The second kappa shape index (κ2) is 6.12. The first-order valence-electron chi connectivity index (χ1n) is 4.58. The molecule has 0 saturated heterocycles. The smallest absolute Gasteiger partial charge is 0.328 e. The lowest BCUT2D eigenvalue weighted by Crippen LogP contribution is -1.96. The van der Waals surface area contributed by atoms with Crippen molar-refractivity contribution in [3.8, 4) is 5.75 Å². The number of carboxylic acid groups (broad SMARTS) is 1. The van der Waals surface area contributed by atoms with Crippen molar-refractivity contribution in [1.29, 1.82) is 0 Å². The molecule has 0 saturated carbocycles. The maximum Gasteiger partial charge on any atom is 0.328 e. The highest BCUT2D eigenvalue weighted by atomic mass is 79.9. The van der Waals surface area contributed by atoms with Crippen molar-refractivity contribution in [2.45, 2.75) is 0 Å². The van der Waals surface area contributed by atoms with Gasteiger partial charge in [0.1, 0.15) is 12.4 Å². The molecule has 16 heavy (non-hydrogen) atoms. The quantitative estimate of drug-likeness (QED) is 0.667. The number of ether oxygens (including phenoxy) is 1. The first-order chi connectivity index (χ1) is 7.65. The van der Waals surface area contributed by atoms with Crippen molar-refractivity contribution < 1.29 is 14.6 Å². The average molecular weight is 283 g/mol. The largest absolute Gasteiger partial charge is 0.488 e. The lowest BCUT2D eigenvalue weighted by Gasteiger charge is -2.09. The Bertz CT molecular complexity index is 424. The average Bonchev–Trinajstić information content (AvgIpc) is 2.25. The molecule has 1 rings (SSSR count). The summed E-state index contributed by atoms with van der Waals surface area (Å²) in [5, 5.41) is 8.56. The van der Waals surface area contributed by atoms with Crippen LogP contribution in [-0.4, -0.2) is 17.7 Å². The minimum absolute atomic E-state index is 0.372. The summed E-state index contributed by atoms with van der Waals surface area (Å²) < 4.78 is 6.22. The molecule has 0 aliphatic heterocycles. The summed E-state index contributed by atoms with van der Waals surface area (Å²) in [6.07, 6.45) is 4.19. The number of carbonyl (C=O) groups is 1. The molecule has 0 unspecified atom stereocenters. The molecule has 0 fully saturated rings. The van der Waals surface area contributed by atoms with E-state index < -0.39 is 5.97 Å². The van der Waals surface area contributed by atoms with E-state index in [4.69, 9.17) is 9.84 Å². The fourth-order valence-electron chi connectivity index (χ4n) is 1.11. The van der Waals surface area contributed by atoms with Gasteiger partial charge in [0.2, 0.25) is 0 Å². The Balaban J connectivity index is 3.02. The number of benzene rings is 1. The van der Waals surface area contributed by atoms with Crippen LogP contribution in [0.4, 0.5) is 0 Å². The summed E-state index contributed by atoms with van der Waals surface area (Å²) >= 11 is 3.34. The molecule has 0 atom stereocenters. The number of carboxylic acids is 1. The lowest BCUT2D eigenvalue weighted by atomic mass is 10.2. The van der Waals surface area contributed by atoms with Crippen LogP contribution in [0, 0.1) is 0 Å². The number of aliphatic carboxylic acids is 1. The van der Waals surface area contributed by atoms with Gasteiger partial charge in [0.25, 0.3) is 0 Å². The Kier molecular flexibility index (Phi) is 4.79. The molecule has 0 amide bonds. The van der Waals surface area contributed by atoms with Crippen LogP contribution in [0.25, 0.3) is 6.08 Å². The molecule has 0 aliphatic rings. The molecular weight excluding hydrogens is 272 g/mol. The standard InChI is InChI=1S/C12H11BrO3/c1-2-8-16-12-9(6-7-11(14)15)4-3-5-10(12)13/h2-7H,1,8H2,(H,14,15). The van der Waals surface area contributed by atoms with Gasteiger partial charge in [0.15, 0.2) is 0 Å². The molecule has 0 radical (unpaired) electrons. The monoisotopic (exact) mass is 282 g/mol. The second-order valence-corrected chi connectivity index (χ2v) is 3.78. The van der Waals surface area contributed by atoms with Crippen molar-refractivity contribution in [2.24, 2.45) is 0 Å². The Hall–Kier alpha value is -1.55. The van der Waals surface area contributed by atoms with E-state index in [1.165, 1.54) is 6.08 Å². The van der Waals surface area contributed by atoms with Gasteiger partial charge in [0, 0.05) is 11.6 Å². The van der Waals surface area contributed by atoms with E-state index in [1.807, 2.05) is 12.1 Å². The van der Waals surface area contributed by atoms with Gasteiger partial charge in [-0.05, 0) is 28.1 Å². The minimum Gasteiger partial charge on any atom is -0.488 e. The van der Waals surface area contributed by atoms with Crippen molar-refractivity contribution >= 4 is 28.0 Å². The van der Waals surface area contributed by atoms with Crippen LogP contribution in [-0.2, 0) is 4.79 Å². The van der Waals surface area contributed by atoms with E-state index in [0.717, 1.165) is 10.5 Å². The molecule has 4 heteroatoms. The Morgan fingerprint density at radius 2 is 2.31 bits per heavy atom. The van der Waals surface area contributed by atoms with Crippen LogP contribution in [0.15, 0.2) is 41.4 Å². The van der Waals surface area contributed by atoms with Gasteiger partial charge in [0.05, 0.1) is 4.47 Å². The van der Waals surface area contributed by atoms with E-state index in [1.54, 1.807) is 12.1 Å². The topological polar surface area (TPSA) is 46.5 Å². The Morgan fingerprint density at radius 1 is 1.56 bits per heavy atom. The molecule has 1 N–H and O–H groups in total. The van der Waals surface area contributed by atoms with Gasteiger partial charge in [-0.15, -0.1) is 0 Å². The van der Waals surface area contributed by atoms with Gasteiger partial charge < -0.3 is 9.84 Å². The van der Waals surface area contributed by atoms with E-state index in [-0.39, 0.29) is 0 Å². The third-order valence-corrected chi connectivity index (χ3v) is 2.37. The minimum atomic E-state index is -0.991. The summed E-state index contributed by atoms with van der Waals surface area (Å²) in [4.78, 5) is 10.4. The normalized spacial score (nSPS) is 10.3. The van der Waals surface area contributed by atoms with E-state index >= 15 is 0 Å². The van der Waals surface area contributed by atoms with Crippen LogP contribution in [0.3, 0.4) is 0 Å². The zero-order chi connectivity index (χ0) is 12.0. The summed E-state index contributed by atoms with van der Waals surface area (Å²) in [5.74, 6) is -0.380. The van der Waals surface area contributed by atoms with Gasteiger partial charge in [-0.2, -0.15) is 0 Å². The highest BCUT2D eigenvalue weighted by molar-refractivity contribution is 9.10. The molecule has 0 aliphatic carbocycles. The van der Waals surface area contributed by atoms with Crippen LogP contribution in [0.1, 0.15) is 5.56 Å². The zero-order valence-electron chi connectivity index (χ0n) is 8.52. The molecule has 0 heterocycles. The fraction of sp³-hybridized carbons (Fsp3) is 0.0833. The Morgan fingerprint density at radius 3 is 2.94 bits per heavy atom. The molecule has 3 nitrogen and oxygen atoms in total. The maximum atomic E-state index is 10.4. The molecule has 1 aromatic rings. The summed E-state index contributed by atoms with van der Waals surface area (Å²) in [6.45, 7) is 3.93. The van der Waals surface area contributed by atoms with Crippen molar-refractivity contribution in [1.82, 2.24) is 0 Å². The van der Waals surface area contributed by atoms with E-state index in [9.17, 15) is 4.79 Å². The third-order valence-electron chi connectivity index (χ3n) is 1.75. The first-order valence-corrected chi connectivity index (χ1v) is 5.37. The van der Waals surface area contributed by atoms with Gasteiger partial charge in [-0.25, -0.2) is 4.79 Å². The molecule has 0 bridgehead atoms. The SMILES string of the molecule is C=CCOc1c(Br)cccc1C=CC(=O)O. The maximum absolute atomic E-state index is 10.4. The molecular formula is C12H11BrO3. The van der Waals surface area contributed by atoms with Crippen LogP contribution < -0.4 is 4.74 Å². The third kappa shape index (κ3) is 3.55. The molecule has 1 aromatic carbocycles. The summed E-state index contributed by atoms with van der Waals surface area (Å²) in [5.41, 5.74) is 0.707. The van der Waals surface area contributed by atoms with E-state index in [2.05, 4.69) is 22.5 Å². The Labute approximate surface area is 102 Å². The molecule has 0 aromatic heterocycles. The highest BCUT2D eigenvalue weighted by Gasteiger charge is 2.05. The second-order valence-electron chi connectivity index (χ2n) is 2.93. The highest BCUT2D eigenvalue weighted by Crippen LogP contribution is 2.29. The number of hydrogen-bond acceptors (Lipinski definition) is 2. The lowest BCUT2D eigenvalue weighted by molar-refractivity contribution is -0.131. The molecule has 84 valence electrons. The predicted octanol–water partition coefficient (Wildman–Crippen LogP) is 3.11. The molecule has 0 spiro atoms. The van der Waals surface area contributed by atoms with Gasteiger partial charge in [-0.1, -0.05) is 24.8 Å². The fourth-order valence-corrected chi connectivity index (χ4v) is 1.61. The van der Waals surface area contributed by atoms with Crippen molar-refractivity contribution in [2.75, 3.05) is 6.61 Å². The number of halogens is 1. The van der Waals surface area contributed by atoms with Crippen LogP contribution in [0.2, 0.25) is 0 Å². The zero-order valence-corrected chi connectivity index (χ0v) is 10.1. The van der Waals surface area contributed by atoms with Crippen molar-refractivity contribution in [3.63, 3.8) is 0 Å². The predicted molar refractivity (Wildman–Crippen MR) is 66.5 cm³/mol. The number of para-hydroxylation sites is 1. The van der Waals surface area contributed by atoms with Crippen molar-refractivity contribution in [3.05, 3.63) is 47.0 Å².